The molecule has 138 valence electrons. The first kappa shape index (κ1) is 20.9. The maximum Gasteiger partial charge on any atom is 0.359 e. The normalized spacial score (nSPS) is 13.3. The molecule has 5 N–H and O–H groups in total. The molecule has 26 heavy (non-hydrogen) atoms. The number of hydrogen-bond donors (Lipinski definition) is 3. The number of nitrogens with two attached hydrogens (primary N) is 2. The number of hydrogen-bond acceptors (Lipinski definition) is 6. The molecule has 1 aromatic rings. The van der Waals surface area contributed by atoms with Crippen LogP contribution in [0.5, 0.6) is 0 Å². The summed E-state index contributed by atoms with van der Waals surface area (Å²) >= 11 is 5.42. The van der Waals surface area contributed by atoms with Crippen LogP contribution in [-0.2, 0) is 14.3 Å². The molecule has 0 fully saturated rings. The maximum atomic E-state index is 13.3. The molecule has 0 amide bonds. The van der Waals surface area contributed by atoms with Crippen molar-refractivity contribution in [2.24, 2.45) is 16.5 Å². The van der Waals surface area contributed by atoms with Crippen molar-refractivity contribution in [3.63, 3.8) is 0 Å². The van der Waals surface area contributed by atoms with E-state index in [1.807, 2.05) is 0 Å². The molecule has 0 aromatic heterocycles. The van der Waals surface area contributed by atoms with Gasteiger partial charge in [0.2, 0.25) is 0 Å². The fraction of sp³-hybridized carbons (Fsp3) is 0.118. The predicted molar refractivity (Wildman–Crippen MR) is 97.9 cm³/mol. The lowest BCUT2D eigenvalue weighted by atomic mass is 10.2. The Morgan fingerprint density at radius 2 is 2.15 bits per heavy atom. The van der Waals surface area contributed by atoms with E-state index in [0.717, 1.165) is 12.3 Å². The Bertz CT molecular complexity index is 788. The molecule has 0 bridgehead atoms. The van der Waals surface area contributed by atoms with Crippen LogP contribution in [0.2, 0.25) is 0 Å². The van der Waals surface area contributed by atoms with Gasteiger partial charge in [-0.15, -0.1) is 0 Å². The first-order valence-corrected chi connectivity index (χ1v) is 7.78. The minimum absolute atomic E-state index is 0.0278. The Kier molecular flexibility index (Phi) is 8.59. The lowest BCUT2D eigenvalue weighted by molar-refractivity contribution is -0.138. The third-order valence-electron chi connectivity index (χ3n) is 2.76. The molecule has 0 aliphatic carbocycles. The maximum absolute atomic E-state index is 13.3. The van der Waals surface area contributed by atoms with Crippen LogP contribution < -0.4 is 11.5 Å². The number of nitrogens with zero attached hydrogens (tertiary/aromatic N) is 1. The first-order chi connectivity index (χ1) is 12.4. The molecule has 0 aliphatic rings. The number of carbonyl (C=O) groups is 1. The van der Waals surface area contributed by atoms with E-state index >= 15 is 0 Å². The van der Waals surface area contributed by atoms with Gasteiger partial charge in [-0.1, -0.05) is 23.7 Å². The average molecular weight is 381 g/mol. The lowest BCUT2D eigenvalue weighted by Gasteiger charge is -2.10. The van der Waals surface area contributed by atoms with Crippen LogP contribution in [0.15, 0.2) is 64.3 Å². The number of allylic oxidation sites excluding steroid dienone is 3. The fourth-order valence-corrected chi connectivity index (χ4v) is 1.68. The van der Waals surface area contributed by atoms with Gasteiger partial charge in [0.15, 0.2) is 5.70 Å². The molecule has 0 radical (unpaired) electrons. The Labute approximate surface area is 154 Å². The highest BCUT2D eigenvalue weighted by atomic mass is 35.5. The van der Waals surface area contributed by atoms with Crippen molar-refractivity contribution in [3.05, 3.63) is 70.7 Å². The van der Waals surface area contributed by atoms with Crippen molar-refractivity contribution in [3.8, 4) is 0 Å². The fourth-order valence-electron chi connectivity index (χ4n) is 1.61. The Hall–Kier alpha value is -3.13. The molecule has 0 saturated carbocycles. The molecule has 0 saturated heterocycles. The van der Waals surface area contributed by atoms with E-state index in [0.29, 0.717) is 0 Å². The van der Waals surface area contributed by atoms with Crippen molar-refractivity contribution in [2.45, 2.75) is 6.92 Å². The highest BCUT2D eigenvalue weighted by Crippen LogP contribution is 2.13. The van der Waals surface area contributed by atoms with Crippen molar-refractivity contribution in [2.75, 3.05) is 6.61 Å². The molecular weight excluding hydrogens is 363 g/mol. The van der Waals surface area contributed by atoms with E-state index in [2.05, 4.69) is 4.99 Å². The van der Waals surface area contributed by atoms with E-state index in [9.17, 15) is 9.18 Å². The summed E-state index contributed by atoms with van der Waals surface area (Å²) in [7, 11) is 0. The minimum atomic E-state index is -0.879. The van der Waals surface area contributed by atoms with Crippen LogP contribution in [0.3, 0.4) is 0 Å². The van der Waals surface area contributed by atoms with Crippen LogP contribution in [-0.4, -0.2) is 24.6 Å². The van der Waals surface area contributed by atoms with Crippen molar-refractivity contribution in [1.29, 1.82) is 5.41 Å². The van der Waals surface area contributed by atoms with Gasteiger partial charge in [-0.25, -0.2) is 9.18 Å². The Balaban J connectivity index is 3.35. The zero-order valence-corrected chi connectivity index (χ0v) is 14.7. The number of nitrogens with one attached hydrogen (secondary N) is 1. The molecule has 0 heterocycles. The highest BCUT2D eigenvalue weighted by molar-refractivity contribution is 6.25. The minimum Gasteiger partial charge on any atom is -0.461 e. The number of aliphatic imine (C=N–C) groups is 1. The average Bonchev–Trinajstić information content (AvgIpc) is 2.63. The van der Waals surface area contributed by atoms with E-state index in [4.69, 9.17) is 38.0 Å². The summed E-state index contributed by atoms with van der Waals surface area (Å²) in [5.41, 5.74) is 12.6. The number of ether oxygens (including phenoxy) is 2. The molecule has 0 aliphatic heterocycles. The first-order valence-electron chi connectivity index (χ1n) is 7.35. The summed E-state index contributed by atoms with van der Waals surface area (Å²) in [5, 5.41) is 7.33. The van der Waals surface area contributed by atoms with Crippen molar-refractivity contribution < 1.29 is 18.7 Å². The molecule has 9 heteroatoms. The number of halogens is 2. The van der Waals surface area contributed by atoms with Crippen LogP contribution in [0, 0.1) is 11.2 Å². The standard InChI is InChI=1S/C17H18ClFN4O3/c1-2-25-17(24)14(21)16(26-13(10-20)7-4-8-18)23-15(22)11-5-3-6-12(19)9-11/h3-10,20H,2,21H2,1H3,(H2,22,23)/b8-4+,13-7+,16-14+,20-10?. The van der Waals surface area contributed by atoms with Gasteiger partial charge in [-0.3, -0.25) is 0 Å². The van der Waals surface area contributed by atoms with Gasteiger partial charge in [0.1, 0.15) is 17.4 Å². The third-order valence-corrected chi connectivity index (χ3v) is 2.90. The third kappa shape index (κ3) is 6.40. The smallest absolute Gasteiger partial charge is 0.359 e. The summed E-state index contributed by atoms with van der Waals surface area (Å²) in [5.74, 6) is -1.97. The van der Waals surface area contributed by atoms with E-state index in [-0.39, 0.29) is 23.8 Å². The lowest BCUT2D eigenvalue weighted by Crippen LogP contribution is -2.20. The SMILES string of the molecule is CCOC(=O)/C(N)=C(/N=C(\N)c1cccc(F)c1)O/C(C=N)=C/C=C/Cl. The summed E-state index contributed by atoms with van der Waals surface area (Å²) in [6, 6.07) is 5.36. The summed E-state index contributed by atoms with van der Waals surface area (Å²) in [6.45, 7) is 1.68. The zero-order chi connectivity index (χ0) is 19.5. The van der Waals surface area contributed by atoms with Crippen molar-refractivity contribution in [1.82, 2.24) is 0 Å². The van der Waals surface area contributed by atoms with Gasteiger partial charge in [0.25, 0.3) is 5.88 Å². The number of benzene rings is 1. The molecule has 0 unspecified atom stereocenters. The van der Waals surface area contributed by atoms with Gasteiger partial charge in [0.05, 0.1) is 12.8 Å². The van der Waals surface area contributed by atoms with Crippen LogP contribution in [0.25, 0.3) is 0 Å². The number of esters is 1. The van der Waals surface area contributed by atoms with Gasteiger partial charge >= 0.3 is 5.97 Å². The Morgan fingerprint density at radius 3 is 2.73 bits per heavy atom. The van der Waals surface area contributed by atoms with Gasteiger partial charge < -0.3 is 26.4 Å². The van der Waals surface area contributed by atoms with E-state index in [1.165, 1.54) is 35.9 Å². The predicted octanol–water partition coefficient (Wildman–Crippen LogP) is 2.52. The van der Waals surface area contributed by atoms with Gasteiger partial charge in [0, 0.05) is 11.1 Å². The number of amidine groups is 1. The number of carbonyl (C=O) groups excluding carboxylic acids is 1. The quantitative estimate of drug-likeness (QED) is 0.160. The molecular formula is C17H18ClFN4O3. The summed E-state index contributed by atoms with van der Waals surface area (Å²) in [4.78, 5) is 15.8. The van der Waals surface area contributed by atoms with Crippen LogP contribution >= 0.6 is 11.6 Å². The highest BCUT2D eigenvalue weighted by Gasteiger charge is 2.17. The zero-order valence-electron chi connectivity index (χ0n) is 13.9. The van der Waals surface area contributed by atoms with Gasteiger partial charge in [-0.2, -0.15) is 4.99 Å². The summed E-state index contributed by atoms with van der Waals surface area (Å²) < 4.78 is 23.5. The summed E-state index contributed by atoms with van der Waals surface area (Å²) in [6.07, 6.45) is 3.58. The topological polar surface area (TPSA) is 124 Å². The monoisotopic (exact) mass is 380 g/mol. The Morgan fingerprint density at radius 1 is 1.42 bits per heavy atom. The molecule has 0 atom stereocenters. The molecule has 1 rings (SSSR count). The number of rotatable bonds is 8. The molecule has 0 spiro atoms. The van der Waals surface area contributed by atoms with Crippen molar-refractivity contribution >= 4 is 29.6 Å². The van der Waals surface area contributed by atoms with E-state index in [1.54, 1.807) is 6.92 Å². The second-order valence-electron chi connectivity index (χ2n) is 4.58. The molecule has 7 nitrogen and oxygen atoms in total. The van der Waals surface area contributed by atoms with Crippen LogP contribution in [0.1, 0.15) is 12.5 Å². The van der Waals surface area contributed by atoms with Gasteiger partial charge in [-0.05, 0) is 31.2 Å². The largest absolute Gasteiger partial charge is 0.461 e. The molecule has 1 aromatic carbocycles. The van der Waals surface area contributed by atoms with Crippen LogP contribution in [0.4, 0.5) is 4.39 Å². The van der Waals surface area contributed by atoms with E-state index < -0.39 is 23.4 Å². The second-order valence-corrected chi connectivity index (χ2v) is 4.83. The second kappa shape index (κ2) is 10.7.